The number of amides is 2. The highest BCUT2D eigenvalue weighted by atomic mass is 16.6. The second kappa shape index (κ2) is 9.27. The number of carbonyl (C=O) groups is 2. The van der Waals surface area contributed by atoms with Gasteiger partial charge in [-0.1, -0.05) is 30.3 Å². The van der Waals surface area contributed by atoms with E-state index in [9.17, 15) is 9.59 Å². The minimum atomic E-state index is -0.289. The molecule has 1 N–H and O–H groups in total. The number of hydrogen-bond donors (Lipinski definition) is 1. The summed E-state index contributed by atoms with van der Waals surface area (Å²) in [6.45, 7) is 7.14. The molecule has 1 fully saturated rings. The van der Waals surface area contributed by atoms with Crippen molar-refractivity contribution in [2.75, 3.05) is 39.3 Å². The van der Waals surface area contributed by atoms with Crippen molar-refractivity contribution in [2.24, 2.45) is 0 Å². The van der Waals surface area contributed by atoms with Gasteiger partial charge in [0.05, 0.1) is 6.61 Å². The second-order valence-electron chi connectivity index (χ2n) is 5.90. The maximum Gasteiger partial charge on any atom is 0.409 e. The lowest BCUT2D eigenvalue weighted by Gasteiger charge is -2.34. The fraction of sp³-hybridized carbons (Fsp3) is 0.556. The van der Waals surface area contributed by atoms with E-state index in [1.165, 1.54) is 5.56 Å². The number of piperazine rings is 1. The number of nitrogens with zero attached hydrogens (tertiary/aromatic N) is 2. The normalized spacial score (nSPS) is 15.9. The van der Waals surface area contributed by atoms with Gasteiger partial charge in [-0.05, 0) is 19.4 Å². The quantitative estimate of drug-likeness (QED) is 0.865. The summed E-state index contributed by atoms with van der Waals surface area (Å²) in [6, 6.07) is 10.4. The highest BCUT2D eigenvalue weighted by molar-refractivity contribution is 5.77. The molecule has 1 aliphatic heterocycles. The first-order chi connectivity index (χ1) is 11.6. The summed E-state index contributed by atoms with van der Waals surface area (Å²) in [5, 5.41) is 3.38. The molecule has 0 aliphatic carbocycles. The van der Waals surface area contributed by atoms with E-state index in [-0.39, 0.29) is 18.0 Å². The van der Waals surface area contributed by atoms with Crippen LogP contribution in [0.4, 0.5) is 4.79 Å². The Balaban J connectivity index is 1.68. The minimum Gasteiger partial charge on any atom is -0.450 e. The molecule has 1 saturated heterocycles. The third kappa shape index (κ3) is 5.23. The van der Waals surface area contributed by atoms with E-state index in [1.807, 2.05) is 23.1 Å². The van der Waals surface area contributed by atoms with Crippen LogP contribution < -0.4 is 5.32 Å². The van der Waals surface area contributed by atoms with Crippen molar-refractivity contribution in [3.05, 3.63) is 35.9 Å². The van der Waals surface area contributed by atoms with Crippen molar-refractivity contribution in [1.29, 1.82) is 0 Å². The molecular weight excluding hydrogens is 306 g/mol. The first-order valence-corrected chi connectivity index (χ1v) is 8.59. The maximum atomic E-state index is 12.3. The largest absolute Gasteiger partial charge is 0.450 e. The molecule has 0 aromatic heterocycles. The van der Waals surface area contributed by atoms with Crippen molar-refractivity contribution >= 4 is 12.0 Å². The van der Waals surface area contributed by atoms with Crippen LogP contribution in [0.2, 0.25) is 0 Å². The smallest absolute Gasteiger partial charge is 0.409 e. The van der Waals surface area contributed by atoms with Gasteiger partial charge in [0, 0.05) is 45.2 Å². The molecule has 0 saturated carbocycles. The Labute approximate surface area is 143 Å². The van der Waals surface area contributed by atoms with Gasteiger partial charge >= 0.3 is 6.09 Å². The highest BCUT2D eigenvalue weighted by Gasteiger charge is 2.24. The van der Waals surface area contributed by atoms with E-state index >= 15 is 0 Å². The van der Waals surface area contributed by atoms with E-state index < -0.39 is 0 Å². The summed E-state index contributed by atoms with van der Waals surface area (Å²) in [5.74, 6) is 0.131. The van der Waals surface area contributed by atoms with Gasteiger partial charge in [-0.3, -0.25) is 4.79 Å². The van der Waals surface area contributed by atoms with Crippen LogP contribution in [-0.4, -0.2) is 61.1 Å². The van der Waals surface area contributed by atoms with Crippen LogP contribution in [0.5, 0.6) is 0 Å². The average molecular weight is 333 g/mol. The van der Waals surface area contributed by atoms with Crippen LogP contribution in [0.1, 0.15) is 31.9 Å². The zero-order valence-electron chi connectivity index (χ0n) is 14.5. The van der Waals surface area contributed by atoms with E-state index in [2.05, 4.69) is 24.4 Å². The SMILES string of the molecule is CCOC(=O)N1CCN(C(=O)CCNC(C)c2ccccc2)CC1. The number of ether oxygens (including phenoxy) is 1. The Morgan fingerprint density at radius 3 is 2.38 bits per heavy atom. The van der Waals surface area contributed by atoms with Crippen molar-refractivity contribution in [3.8, 4) is 0 Å². The Morgan fingerprint density at radius 2 is 1.75 bits per heavy atom. The summed E-state index contributed by atoms with van der Waals surface area (Å²) >= 11 is 0. The zero-order valence-corrected chi connectivity index (χ0v) is 14.5. The van der Waals surface area contributed by atoms with Gasteiger partial charge in [0.25, 0.3) is 0 Å². The Kier molecular flexibility index (Phi) is 7.06. The molecule has 132 valence electrons. The van der Waals surface area contributed by atoms with E-state index in [1.54, 1.807) is 11.8 Å². The van der Waals surface area contributed by atoms with Crippen LogP contribution in [0.15, 0.2) is 30.3 Å². The molecule has 1 unspecified atom stereocenters. The van der Waals surface area contributed by atoms with Gasteiger partial charge in [0.1, 0.15) is 0 Å². The first kappa shape index (κ1) is 18.3. The van der Waals surface area contributed by atoms with Gasteiger partial charge in [0.2, 0.25) is 5.91 Å². The Hall–Kier alpha value is -2.08. The molecular formula is C18H27N3O3. The maximum absolute atomic E-state index is 12.3. The molecule has 1 heterocycles. The molecule has 1 aromatic rings. The van der Waals surface area contributed by atoms with Gasteiger partial charge in [0.15, 0.2) is 0 Å². The monoisotopic (exact) mass is 333 g/mol. The summed E-state index contributed by atoms with van der Waals surface area (Å²) in [7, 11) is 0. The predicted molar refractivity (Wildman–Crippen MR) is 92.7 cm³/mol. The standard InChI is InChI=1S/C18H27N3O3/c1-3-24-18(23)21-13-11-20(12-14-21)17(22)9-10-19-15(2)16-7-5-4-6-8-16/h4-8,15,19H,3,9-14H2,1-2H3. The van der Waals surface area contributed by atoms with E-state index in [4.69, 9.17) is 4.74 Å². The molecule has 0 radical (unpaired) electrons. The lowest BCUT2D eigenvalue weighted by molar-refractivity contribution is -0.132. The van der Waals surface area contributed by atoms with Crippen molar-refractivity contribution in [1.82, 2.24) is 15.1 Å². The minimum absolute atomic E-state index is 0.131. The first-order valence-electron chi connectivity index (χ1n) is 8.59. The van der Waals surface area contributed by atoms with Crippen LogP contribution >= 0.6 is 0 Å². The molecule has 2 amide bonds. The number of hydrogen-bond acceptors (Lipinski definition) is 4. The molecule has 0 spiro atoms. The summed E-state index contributed by atoms with van der Waals surface area (Å²) in [4.78, 5) is 27.4. The molecule has 1 aliphatic rings. The summed E-state index contributed by atoms with van der Waals surface area (Å²) < 4.78 is 4.98. The molecule has 24 heavy (non-hydrogen) atoms. The molecule has 1 aromatic carbocycles. The van der Waals surface area contributed by atoms with Crippen LogP contribution in [0.25, 0.3) is 0 Å². The van der Waals surface area contributed by atoms with Gasteiger partial charge in [-0.25, -0.2) is 4.79 Å². The average Bonchev–Trinajstić information content (AvgIpc) is 2.62. The van der Waals surface area contributed by atoms with Crippen molar-refractivity contribution in [2.45, 2.75) is 26.3 Å². The second-order valence-corrected chi connectivity index (χ2v) is 5.90. The fourth-order valence-corrected chi connectivity index (χ4v) is 2.77. The highest BCUT2D eigenvalue weighted by Crippen LogP contribution is 2.11. The van der Waals surface area contributed by atoms with Gasteiger partial charge in [-0.2, -0.15) is 0 Å². The predicted octanol–water partition coefficient (Wildman–Crippen LogP) is 2.03. The molecule has 0 bridgehead atoms. The number of benzene rings is 1. The van der Waals surface area contributed by atoms with E-state index in [0.29, 0.717) is 45.8 Å². The topological polar surface area (TPSA) is 61.9 Å². The zero-order chi connectivity index (χ0) is 17.4. The molecule has 6 heteroatoms. The van der Waals surface area contributed by atoms with Gasteiger partial charge in [-0.15, -0.1) is 0 Å². The van der Waals surface area contributed by atoms with Crippen molar-refractivity contribution in [3.63, 3.8) is 0 Å². The molecule has 2 rings (SSSR count). The van der Waals surface area contributed by atoms with Crippen molar-refractivity contribution < 1.29 is 14.3 Å². The third-order valence-electron chi connectivity index (χ3n) is 4.25. The van der Waals surface area contributed by atoms with Crippen LogP contribution in [0.3, 0.4) is 0 Å². The number of rotatable bonds is 6. The summed E-state index contributed by atoms with van der Waals surface area (Å²) in [6.07, 6.45) is 0.180. The lowest BCUT2D eigenvalue weighted by atomic mass is 10.1. The Bertz CT molecular complexity index is 528. The number of nitrogens with one attached hydrogen (secondary N) is 1. The third-order valence-corrected chi connectivity index (χ3v) is 4.25. The van der Waals surface area contributed by atoms with Crippen LogP contribution in [0, 0.1) is 0 Å². The molecule has 1 atom stereocenters. The molecule has 6 nitrogen and oxygen atoms in total. The van der Waals surface area contributed by atoms with Crippen LogP contribution in [-0.2, 0) is 9.53 Å². The number of carbonyl (C=O) groups excluding carboxylic acids is 2. The lowest BCUT2D eigenvalue weighted by Crippen LogP contribution is -2.51. The summed E-state index contributed by atoms with van der Waals surface area (Å²) in [5.41, 5.74) is 1.22. The Morgan fingerprint density at radius 1 is 1.12 bits per heavy atom. The fourth-order valence-electron chi connectivity index (χ4n) is 2.77. The van der Waals surface area contributed by atoms with Gasteiger partial charge < -0.3 is 19.9 Å². The van der Waals surface area contributed by atoms with E-state index in [0.717, 1.165) is 0 Å².